The Morgan fingerprint density at radius 2 is 0.564 bits per heavy atom. The van der Waals surface area contributed by atoms with E-state index in [1.165, 1.54) is 308 Å². The normalized spacial score (nSPS) is 26.2. The topological polar surface area (TPSA) is 307 Å². The summed E-state index contributed by atoms with van der Waals surface area (Å²) in [5.74, 6) is -0.232. The zero-order valence-corrected chi connectivity index (χ0v) is 64.4. The Morgan fingerprint density at radius 1 is 0.317 bits per heavy atom. The Bertz CT molecular complexity index is 1820. The third-order valence-electron chi connectivity index (χ3n) is 21.9. The van der Waals surface area contributed by atoms with Gasteiger partial charge in [0.1, 0.15) is 73.2 Å². The molecule has 3 aliphatic rings. The fourth-order valence-electron chi connectivity index (χ4n) is 15.1. The highest BCUT2D eigenvalue weighted by molar-refractivity contribution is 5.76. The number of nitrogens with one attached hydrogen (secondary N) is 1. The second kappa shape index (κ2) is 63.7. The largest absolute Gasteiger partial charge is 0.394 e. The van der Waals surface area contributed by atoms with Crippen LogP contribution in [-0.2, 0) is 33.2 Å². The lowest BCUT2D eigenvalue weighted by atomic mass is 9.96. The number of aliphatic hydroxyl groups is 11. The van der Waals surface area contributed by atoms with Gasteiger partial charge in [-0.1, -0.05) is 367 Å². The molecule has 0 bridgehead atoms. The Labute approximate surface area is 614 Å². The van der Waals surface area contributed by atoms with Crippen LogP contribution in [0.4, 0.5) is 0 Å². The SMILES string of the molecule is CCCCCCCCCCCCCCCCCCCCCCCCCCCCCCCCCC(=O)NC(COC1OC(CO)C(OC2OC(CO)C(OC3OC(CO)C(O)C(O)C3O)C(O)C2O)C(O)C1O)C(O)CCCCCCCCCCCCCCCCCCCCCCCCCCC. The molecule has 101 heavy (non-hydrogen) atoms. The number of aliphatic hydroxyl groups excluding tert-OH is 11. The lowest BCUT2D eigenvalue weighted by molar-refractivity contribution is -0.379. The minimum Gasteiger partial charge on any atom is -0.394 e. The number of hydrogen-bond donors (Lipinski definition) is 12. The number of hydrogen-bond acceptors (Lipinski definition) is 18. The zero-order valence-electron chi connectivity index (χ0n) is 64.4. The summed E-state index contributed by atoms with van der Waals surface area (Å²) in [6.45, 7) is 1.88. The van der Waals surface area contributed by atoms with E-state index < -0.39 is 124 Å². The average Bonchev–Trinajstić information content (AvgIpc) is 0.792. The maximum absolute atomic E-state index is 13.5. The van der Waals surface area contributed by atoms with Crippen LogP contribution in [0.15, 0.2) is 0 Å². The van der Waals surface area contributed by atoms with Crippen molar-refractivity contribution in [3.05, 3.63) is 0 Å². The van der Waals surface area contributed by atoms with Gasteiger partial charge in [-0.15, -0.1) is 0 Å². The van der Waals surface area contributed by atoms with Gasteiger partial charge in [-0.2, -0.15) is 0 Å². The molecule has 0 aromatic carbocycles. The molecule has 0 aromatic rings. The van der Waals surface area contributed by atoms with Crippen LogP contribution in [0.3, 0.4) is 0 Å². The molecular weight excluding hydrogens is 1290 g/mol. The van der Waals surface area contributed by atoms with Crippen molar-refractivity contribution in [3.8, 4) is 0 Å². The fourth-order valence-corrected chi connectivity index (χ4v) is 15.1. The summed E-state index contributed by atoms with van der Waals surface area (Å²) >= 11 is 0. The minimum atomic E-state index is -1.97. The molecule has 0 aromatic heterocycles. The third-order valence-corrected chi connectivity index (χ3v) is 21.9. The molecule has 3 heterocycles. The molecule has 12 N–H and O–H groups in total. The highest BCUT2D eigenvalue weighted by Gasteiger charge is 2.54. The lowest BCUT2D eigenvalue weighted by Gasteiger charge is -2.48. The molecular formula is C82H159NO18. The fraction of sp³-hybridized carbons (Fsp3) is 0.988. The van der Waals surface area contributed by atoms with Crippen molar-refractivity contribution in [2.75, 3.05) is 26.4 Å². The van der Waals surface area contributed by atoms with Crippen molar-refractivity contribution in [1.82, 2.24) is 5.32 Å². The van der Waals surface area contributed by atoms with Gasteiger partial charge in [-0.25, -0.2) is 0 Å². The molecule has 1 amide bonds. The molecule has 0 saturated carbocycles. The minimum absolute atomic E-state index is 0.232. The first kappa shape index (κ1) is 94.0. The Hall–Kier alpha value is -1.21. The van der Waals surface area contributed by atoms with Crippen LogP contribution in [0.5, 0.6) is 0 Å². The summed E-state index contributed by atoms with van der Waals surface area (Å²) < 4.78 is 34.6. The van der Waals surface area contributed by atoms with Crippen LogP contribution in [-0.4, -0.2) is 193 Å². The molecule has 19 nitrogen and oxygen atoms in total. The van der Waals surface area contributed by atoms with Gasteiger partial charge in [0, 0.05) is 6.42 Å². The highest BCUT2D eigenvalue weighted by Crippen LogP contribution is 2.34. The second-order valence-corrected chi connectivity index (χ2v) is 31.0. The van der Waals surface area contributed by atoms with Crippen molar-refractivity contribution in [2.24, 2.45) is 0 Å². The van der Waals surface area contributed by atoms with Crippen molar-refractivity contribution in [1.29, 1.82) is 0 Å². The Kier molecular flexibility index (Phi) is 59.3. The number of carbonyl (C=O) groups excluding carboxylic acids is 1. The molecule has 3 saturated heterocycles. The molecule has 3 fully saturated rings. The summed E-state index contributed by atoms with van der Waals surface area (Å²) in [5, 5.41) is 121. The summed E-state index contributed by atoms with van der Waals surface area (Å²) in [5.41, 5.74) is 0. The first-order chi connectivity index (χ1) is 49.3. The molecule has 600 valence electrons. The van der Waals surface area contributed by atoms with Gasteiger partial charge in [0.05, 0.1) is 38.6 Å². The molecule has 3 rings (SSSR count). The van der Waals surface area contributed by atoms with Gasteiger partial charge in [-0.05, 0) is 12.8 Å². The molecule has 0 spiro atoms. The van der Waals surface area contributed by atoms with Gasteiger partial charge in [0.25, 0.3) is 0 Å². The van der Waals surface area contributed by atoms with Crippen molar-refractivity contribution >= 4 is 5.91 Å². The van der Waals surface area contributed by atoms with E-state index in [4.69, 9.17) is 28.4 Å². The van der Waals surface area contributed by atoms with Crippen LogP contribution >= 0.6 is 0 Å². The highest BCUT2D eigenvalue weighted by atomic mass is 16.8. The quantitative estimate of drug-likeness (QED) is 0.0252. The Morgan fingerprint density at radius 3 is 0.861 bits per heavy atom. The molecule has 3 aliphatic heterocycles. The summed E-state index contributed by atoms with van der Waals surface area (Å²) in [6.07, 6.45) is 47.8. The molecule has 17 atom stereocenters. The predicted octanol–water partition coefficient (Wildman–Crippen LogP) is 15.0. The molecule has 0 aliphatic carbocycles. The van der Waals surface area contributed by atoms with Gasteiger partial charge in [0.15, 0.2) is 18.9 Å². The van der Waals surface area contributed by atoms with Gasteiger partial charge in [-0.3, -0.25) is 4.79 Å². The number of carbonyl (C=O) groups is 1. The zero-order chi connectivity index (χ0) is 73.2. The van der Waals surface area contributed by atoms with Crippen LogP contribution in [0, 0.1) is 0 Å². The van der Waals surface area contributed by atoms with Crippen LogP contribution in [0.25, 0.3) is 0 Å². The van der Waals surface area contributed by atoms with E-state index in [-0.39, 0.29) is 18.9 Å². The molecule has 0 radical (unpaired) electrons. The second-order valence-electron chi connectivity index (χ2n) is 31.0. The van der Waals surface area contributed by atoms with E-state index in [1.54, 1.807) is 0 Å². The molecule has 17 unspecified atom stereocenters. The molecule has 19 heteroatoms. The standard InChI is InChI=1S/C82H159NO18/c1-3-5-7-9-11-13-15-17-19-21-23-25-27-29-30-31-32-33-34-36-38-40-42-44-46-48-50-52-54-56-58-60-70(88)83-65(66(87)59-57-55-53-51-49-47-45-43-41-39-37-35-28-26-24-22-20-18-16-14-12-10-8-6-4-2)64-96-80-76(94)73(91)78(68(62-85)98-80)101-82-77(95)74(92)79(69(63-86)99-82)100-81-75(93)72(90)71(89)67(61-84)97-81/h65-69,71-82,84-87,89-95H,3-64H2,1-2H3,(H,83,88). The van der Waals surface area contributed by atoms with Crippen LogP contribution in [0.1, 0.15) is 386 Å². The van der Waals surface area contributed by atoms with E-state index in [2.05, 4.69) is 19.2 Å². The number of rotatable bonds is 70. The number of amides is 1. The Balaban J connectivity index is 1.34. The first-order valence-corrected chi connectivity index (χ1v) is 42.8. The van der Waals surface area contributed by atoms with Crippen molar-refractivity contribution in [2.45, 2.75) is 491 Å². The summed E-state index contributed by atoms with van der Waals surface area (Å²) in [4.78, 5) is 13.5. The van der Waals surface area contributed by atoms with Crippen LogP contribution in [0.2, 0.25) is 0 Å². The van der Waals surface area contributed by atoms with Gasteiger partial charge in [0.2, 0.25) is 5.91 Å². The summed E-state index contributed by atoms with van der Waals surface area (Å²) in [7, 11) is 0. The smallest absolute Gasteiger partial charge is 0.220 e. The first-order valence-electron chi connectivity index (χ1n) is 42.8. The number of ether oxygens (including phenoxy) is 6. The van der Waals surface area contributed by atoms with Crippen molar-refractivity contribution < 1.29 is 89.4 Å². The predicted molar refractivity (Wildman–Crippen MR) is 402 cm³/mol. The average molecular weight is 1450 g/mol. The van der Waals surface area contributed by atoms with Crippen LogP contribution < -0.4 is 5.32 Å². The maximum atomic E-state index is 13.5. The lowest BCUT2D eigenvalue weighted by Crippen LogP contribution is -2.66. The maximum Gasteiger partial charge on any atom is 0.220 e. The van der Waals surface area contributed by atoms with Crippen molar-refractivity contribution in [3.63, 3.8) is 0 Å². The van der Waals surface area contributed by atoms with Gasteiger partial charge < -0.3 is 89.9 Å². The van der Waals surface area contributed by atoms with Gasteiger partial charge >= 0.3 is 0 Å². The van der Waals surface area contributed by atoms with E-state index in [9.17, 15) is 61.0 Å². The monoisotopic (exact) mass is 1450 g/mol. The van der Waals surface area contributed by atoms with E-state index >= 15 is 0 Å². The summed E-state index contributed by atoms with van der Waals surface area (Å²) in [6, 6.07) is -0.884. The number of unbranched alkanes of at least 4 members (excludes halogenated alkanes) is 54. The van der Waals surface area contributed by atoms with E-state index in [0.29, 0.717) is 12.8 Å². The van der Waals surface area contributed by atoms with E-state index in [0.717, 1.165) is 44.9 Å². The third kappa shape index (κ3) is 43.5. The van der Waals surface area contributed by atoms with E-state index in [1.807, 2.05) is 0 Å².